The molecule has 0 radical (unpaired) electrons. The van der Waals surface area contributed by atoms with E-state index < -0.39 is 29.8 Å². The largest absolute Gasteiger partial charge is 0.508 e. The third-order valence-electron chi connectivity index (χ3n) is 6.85. The first-order chi connectivity index (χ1) is 20.8. The lowest BCUT2D eigenvalue weighted by Crippen LogP contribution is -2.50. The van der Waals surface area contributed by atoms with Crippen LogP contribution in [-0.4, -0.2) is 65.5 Å². The lowest BCUT2D eigenvalue weighted by Gasteiger charge is -2.22. The molecule has 1 aliphatic rings. The molecular weight excluding hydrogens is 570 g/mol. The number of nitrogens with one attached hydrogen (secondary N) is 4. The van der Waals surface area contributed by atoms with Crippen molar-refractivity contribution in [3.05, 3.63) is 75.7 Å². The predicted molar refractivity (Wildman–Crippen MR) is 162 cm³/mol. The molecule has 4 rings (SSSR count). The summed E-state index contributed by atoms with van der Waals surface area (Å²) in [4.78, 5) is 57.0. The summed E-state index contributed by atoms with van der Waals surface area (Å²) >= 11 is 1.57. The molecular formula is C31H37N5O6S. The molecule has 0 fully saturated rings. The number of rotatable bonds is 7. The summed E-state index contributed by atoms with van der Waals surface area (Å²) in [6.45, 7) is 2.86. The molecule has 5 N–H and O–H groups in total. The third kappa shape index (κ3) is 9.81. The Kier molecular flexibility index (Phi) is 11.5. The number of hydrogen-bond acceptors (Lipinski definition) is 8. The van der Waals surface area contributed by atoms with Crippen LogP contribution in [0.1, 0.15) is 52.3 Å². The van der Waals surface area contributed by atoms with Crippen molar-refractivity contribution in [3.63, 3.8) is 0 Å². The topological polar surface area (TPSA) is 159 Å². The molecule has 1 aromatic heterocycles. The van der Waals surface area contributed by atoms with Gasteiger partial charge in [-0.1, -0.05) is 24.3 Å². The molecule has 0 aliphatic carbocycles. The quantitative estimate of drug-likeness (QED) is 0.258. The van der Waals surface area contributed by atoms with Crippen LogP contribution in [0.25, 0.3) is 0 Å². The molecule has 2 aromatic carbocycles. The lowest BCUT2D eigenvalue weighted by molar-refractivity contribution is -0.129. The van der Waals surface area contributed by atoms with E-state index in [0.29, 0.717) is 38.1 Å². The molecule has 3 aromatic rings. The Morgan fingerprint density at radius 3 is 2.67 bits per heavy atom. The van der Waals surface area contributed by atoms with Crippen LogP contribution in [-0.2, 0) is 27.2 Å². The molecule has 4 amide bonds. The maximum Gasteiger partial charge on any atom is 0.255 e. The zero-order chi connectivity index (χ0) is 30.6. The molecule has 0 saturated carbocycles. The smallest absolute Gasteiger partial charge is 0.255 e. The van der Waals surface area contributed by atoms with Gasteiger partial charge in [0, 0.05) is 43.4 Å². The van der Waals surface area contributed by atoms with Crippen molar-refractivity contribution in [3.8, 4) is 11.5 Å². The van der Waals surface area contributed by atoms with E-state index in [-0.39, 0.29) is 43.1 Å². The van der Waals surface area contributed by atoms with Crippen molar-refractivity contribution >= 4 is 35.0 Å². The standard InChI is InChI=1S/C31H37N5O6S/c1-20-19-43-28(34-20)8-4-15-32-30(40)24-13-14-27(38)35-25(18-21-9-11-22(37)12-10-21)31(41)33-16-5-17-42-26-7-3-2-6-23(26)29(39)36-24/h2-3,6-7,9-12,19,24-25,37H,4-5,8,13-18H2,1H3,(H,32,40)(H,33,41)(H,35,38)(H,36,39)/t24-,25?/m0/s1. The summed E-state index contributed by atoms with van der Waals surface area (Å²) in [5.41, 5.74) is 1.99. The monoisotopic (exact) mass is 607 g/mol. The highest BCUT2D eigenvalue weighted by molar-refractivity contribution is 7.09. The number of nitrogens with zero attached hydrogens (tertiary/aromatic N) is 1. The minimum absolute atomic E-state index is 0.0195. The molecule has 1 unspecified atom stereocenters. The summed E-state index contributed by atoms with van der Waals surface area (Å²) in [6.07, 6.45) is 1.98. The van der Waals surface area contributed by atoms with E-state index in [1.807, 2.05) is 12.3 Å². The van der Waals surface area contributed by atoms with Crippen molar-refractivity contribution in [2.45, 2.75) is 57.5 Å². The summed E-state index contributed by atoms with van der Waals surface area (Å²) < 4.78 is 5.85. The Morgan fingerprint density at radius 1 is 1.12 bits per heavy atom. The number of amides is 4. The van der Waals surface area contributed by atoms with Gasteiger partial charge in [0.05, 0.1) is 17.2 Å². The van der Waals surface area contributed by atoms with E-state index in [0.717, 1.165) is 16.3 Å². The van der Waals surface area contributed by atoms with Gasteiger partial charge in [-0.15, -0.1) is 11.3 Å². The van der Waals surface area contributed by atoms with E-state index in [1.165, 1.54) is 12.1 Å². The summed E-state index contributed by atoms with van der Waals surface area (Å²) in [5, 5.41) is 23.8. The van der Waals surface area contributed by atoms with Crippen molar-refractivity contribution < 1.29 is 29.0 Å². The predicted octanol–water partition coefficient (Wildman–Crippen LogP) is 2.41. The van der Waals surface area contributed by atoms with Crippen LogP contribution in [0.4, 0.5) is 0 Å². The number of carbonyl (C=O) groups excluding carboxylic acids is 4. The fourth-order valence-corrected chi connectivity index (χ4v) is 5.40. The lowest BCUT2D eigenvalue weighted by atomic mass is 10.0. The Bertz CT molecular complexity index is 1410. The van der Waals surface area contributed by atoms with Gasteiger partial charge in [-0.25, -0.2) is 4.98 Å². The van der Waals surface area contributed by atoms with Gasteiger partial charge < -0.3 is 31.1 Å². The second-order valence-corrected chi connectivity index (χ2v) is 11.3. The number of fused-ring (bicyclic) bond motifs is 1. The molecule has 2 atom stereocenters. The van der Waals surface area contributed by atoms with Crippen LogP contribution in [0.5, 0.6) is 11.5 Å². The SMILES string of the molecule is Cc1csc(CCCNC(=O)[C@@H]2CCC(=O)NC(Cc3ccc(O)cc3)C(=O)NCCCOc3ccccc3C(=O)N2)n1. The van der Waals surface area contributed by atoms with E-state index in [2.05, 4.69) is 26.3 Å². The van der Waals surface area contributed by atoms with Crippen LogP contribution in [0, 0.1) is 6.92 Å². The van der Waals surface area contributed by atoms with Crippen LogP contribution >= 0.6 is 11.3 Å². The van der Waals surface area contributed by atoms with E-state index >= 15 is 0 Å². The number of aromatic nitrogens is 1. The van der Waals surface area contributed by atoms with Crippen LogP contribution in [0.15, 0.2) is 53.9 Å². The van der Waals surface area contributed by atoms with Gasteiger partial charge in [-0.05, 0) is 56.0 Å². The summed E-state index contributed by atoms with van der Waals surface area (Å²) in [6, 6.07) is 11.3. The molecule has 12 heteroatoms. The molecule has 11 nitrogen and oxygen atoms in total. The van der Waals surface area contributed by atoms with Crippen LogP contribution in [0.3, 0.4) is 0 Å². The average molecular weight is 608 g/mol. The zero-order valence-electron chi connectivity index (χ0n) is 24.1. The average Bonchev–Trinajstić information content (AvgIpc) is 3.42. The van der Waals surface area contributed by atoms with E-state index in [1.54, 1.807) is 47.7 Å². The fraction of sp³-hybridized carbons (Fsp3) is 0.387. The van der Waals surface area contributed by atoms with Crippen molar-refractivity contribution in [1.82, 2.24) is 26.3 Å². The highest BCUT2D eigenvalue weighted by Gasteiger charge is 2.26. The number of phenolic OH excluding ortho intramolecular Hbond substituents is 1. The zero-order valence-corrected chi connectivity index (χ0v) is 24.9. The van der Waals surface area contributed by atoms with Gasteiger partial charge >= 0.3 is 0 Å². The number of carbonyl (C=O) groups is 4. The molecule has 43 heavy (non-hydrogen) atoms. The molecule has 0 saturated heterocycles. The van der Waals surface area contributed by atoms with Gasteiger partial charge in [0.1, 0.15) is 23.6 Å². The number of ether oxygens (including phenoxy) is 1. The number of benzene rings is 2. The van der Waals surface area contributed by atoms with Gasteiger partial charge in [0.15, 0.2) is 0 Å². The van der Waals surface area contributed by atoms with Crippen molar-refractivity contribution in [1.29, 1.82) is 0 Å². The first kappa shape index (κ1) is 31.5. The second kappa shape index (κ2) is 15.7. The molecule has 2 heterocycles. The second-order valence-electron chi connectivity index (χ2n) is 10.3. The highest BCUT2D eigenvalue weighted by Crippen LogP contribution is 2.19. The Morgan fingerprint density at radius 2 is 1.91 bits per heavy atom. The summed E-state index contributed by atoms with van der Waals surface area (Å²) in [7, 11) is 0. The molecule has 1 aliphatic heterocycles. The third-order valence-corrected chi connectivity index (χ3v) is 7.88. The van der Waals surface area contributed by atoms with Crippen molar-refractivity contribution in [2.24, 2.45) is 0 Å². The fourth-order valence-electron chi connectivity index (χ4n) is 4.58. The van der Waals surface area contributed by atoms with E-state index in [9.17, 15) is 24.3 Å². The first-order valence-corrected chi connectivity index (χ1v) is 15.2. The number of para-hydroxylation sites is 1. The Balaban J connectivity index is 1.47. The maximum absolute atomic E-state index is 13.3. The number of phenols is 1. The molecule has 228 valence electrons. The Hall–Kier alpha value is -4.45. The molecule has 0 bridgehead atoms. The van der Waals surface area contributed by atoms with Gasteiger partial charge in [-0.2, -0.15) is 0 Å². The number of aromatic hydroxyl groups is 1. The minimum atomic E-state index is -0.995. The van der Waals surface area contributed by atoms with Crippen LogP contribution < -0.4 is 26.0 Å². The van der Waals surface area contributed by atoms with Gasteiger partial charge in [-0.3, -0.25) is 19.2 Å². The summed E-state index contributed by atoms with van der Waals surface area (Å²) in [5.74, 6) is -1.22. The number of aryl methyl sites for hydroxylation is 2. The van der Waals surface area contributed by atoms with Crippen LogP contribution in [0.2, 0.25) is 0 Å². The van der Waals surface area contributed by atoms with Gasteiger partial charge in [0.25, 0.3) is 5.91 Å². The minimum Gasteiger partial charge on any atom is -0.508 e. The van der Waals surface area contributed by atoms with Gasteiger partial charge in [0.2, 0.25) is 17.7 Å². The normalized spacial score (nSPS) is 18.4. The highest BCUT2D eigenvalue weighted by atomic mass is 32.1. The maximum atomic E-state index is 13.3. The number of thiazole rings is 1. The Labute approximate surface area is 254 Å². The van der Waals surface area contributed by atoms with E-state index in [4.69, 9.17) is 4.74 Å². The first-order valence-electron chi connectivity index (χ1n) is 14.3. The van der Waals surface area contributed by atoms with Crippen molar-refractivity contribution in [2.75, 3.05) is 19.7 Å². The molecule has 0 spiro atoms. The number of hydrogen-bond donors (Lipinski definition) is 5.